The maximum Gasteiger partial charge on any atom is 0.141 e. The first-order chi connectivity index (χ1) is 33.3. The number of benzene rings is 12. The van der Waals surface area contributed by atoms with Gasteiger partial charge in [0.1, 0.15) is 94.2 Å². The van der Waals surface area contributed by atoms with Gasteiger partial charge in [0.15, 0.2) is 0 Å². The van der Waals surface area contributed by atoms with Crippen LogP contribution in [0.25, 0.3) is 126 Å². The van der Waals surface area contributed by atoms with E-state index in [-0.39, 0.29) is 0 Å². The SMILES string of the molecule is Bc1c(B)c(B)c(-n2c3c(B)c(B)c(B)c(B)c3c3c(B)c(-c4ccc(-c5ccc6ccc7cccc8ccc5c6c78)cc4-c4ccc5ccc6cccc7ccc4c5c67)c(B)c(B)c32)c(B)c1B. The maximum atomic E-state index is 2.70. The average molecular weight is 862 g/mol. The molecule has 0 bridgehead atoms. The molecule has 310 valence electrons. The van der Waals surface area contributed by atoms with Crippen LogP contribution in [-0.2, 0) is 0 Å². The van der Waals surface area contributed by atoms with E-state index in [2.05, 4.69) is 226 Å². The van der Waals surface area contributed by atoms with Crippen LogP contribution >= 0.6 is 0 Å². The number of hydrogen-bond donors (Lipinski definition) is 0. The molecule has 13 rings (SSSR count). The zero-order chi connectivity index (χ0) is 47.6. The molecule has 0 spiro atoms. The predicted molar refractivity (Wildman–Crippen MR) is 343 cm³/mol. The largest absolute Gasteiger partial charge is 0.312 e. The van der Waals surface area contributed by atoms with E-state index < -0.39 is 0 Å². The van der Waals surface area contributed by atoms with E-state index in [9.17, 15) is 0 Å². The van der Waals surface area contributed by atoms with Gasteiger partial charge in [-0.3, -0.25) is 0 Å². The van der Waals surface area contributed by atoms with Crippen molar-refractivity contribution in [1.29, 1.82) is 0 Å². The van der Waals surface area contributed by atoms with E-state index >= 15 is 0 Å². The highest BCUT2D eigenvalue weighted by molar-refractivity contribution is 6.71. The molecule has 0 aliphatic heterocycles. The van der Waals surface area contributed by atoms with Crippen LogP contribution in [-0.4, -0.2) is 98.7 Å². The van der Waals surface area contributed by atoms with Crippen molar-refractivity contribution in [3.05, 3.63) is 127 Å². The number of fused-ring (bicyclic) bond motifs is 3. The molecule has 0 fully saturated rings. The molecule has 13 aromatic rings. The van der Waals surface area contributed by atoms with Gasteiger partial charge in [-0.25, -0.2) is 0 Å². The van der Waals surface area contributed by atoms with Gasteiger partial charge in [0.2, 0.25) is 0 Å². The third-order valence-corrected chi connectivity index (χ3v) is 17.8. The van der Waals surface area contributed by atoms with Crippen molar-refractivity contribution < 1.29 is 0 Å². The minimum absolute atomic E-state index is 1.23. The summed E-state index contributed by atoms with van der Waals surface area (Å²) in [6.45, 7) is 0. The molecule has 12 aromatic carbocycles. The van der Waals surface area contributed by atoms with Crippen LogP contribution in [0.15, 0.2) is 127 Å². The summed E-state index contributed by atoms with van der Waals surface area (Å²) in [7, 11) is 28.2. The van der Waals surface area contributed by atoms with Gasteiger partial charge in [-0.1, -0.05) is 176 Å². The number of nitrogens with zero attached hydrogens (tertiary/aromatic N) is 1. The highest BCUT2D eigenvalue weighted by Crippen LogP contribution is 2.45. The maximum absolute atomic E-state index is 2.70. The van der Waals surface area contributed by atoms with Crippen molar-refractivity contribution in [3.63, 3.8) is 0 Å². The lowest BCUT2D eigenvalue weighted by molar-refractivity contribution is 1.22. The molecular formula is C56H45B12N. The fourth-order valence-electron chi connectivity index (χ4n) is 13.3. The monoisotopic (exact) mass is 863 g/mol. The molecule has 0 aliphatic carbocycles. The summed E-state index contributed by atoms with van der Waals surface area (Å²) >= 11 is 0. The van der Waals surface area contributed by atoms with E-state index in [1.54, 1.807) is 0 Å². The molecular weight excluding hydrogens is 816 g/mol. The standard InChI is InChI=1S/C56H45B12N/c57-42-39(43(58)50(65)54-40(42)41-44(59)45(60)47(62)51(66)55(41)69(54)56-52(67)48(63)46(61)49(64)53(56)68)33-20-15-28(29-16-11-26-9-7-22-3-1-5-24-13-18-31(29)37(26)35(22)24)21-34(33)30-17-12-27-10-8-23-4-2-6-25-14-19-32(30)38(27)36(23)25/h1-21H,57-68H2. The van der Waals surface area contributed by atoms with Crippen LogP contribution in [0.1, 0.15) is 0 Å². The van der Waals surface area contributed by atoms with Crippen LogP contribution in [0.2, 0.25) is 0 Å². The molecule has 1 nitrogen and oxygen atoms in total. The zero-order valence-electron chi connectivity index (χ0n) is 42.1. The van der Waals surface area contributed by atoms with Crippen molar-refractivity contribution >= 4 is 246 Å². The van der Waals surface area contributed by atoms with Gasteiger partial charge in [0.25, 0.3) is 0 Å². The lowest BCUT2D eigenvalue weighted by Gasteiger charge is -2.25. The zero-order valence-corrected chi connectivity index (χ0v) is 42.1. The van der Waals surface area contributed by atoms with Crippen LogP contribution in [0.5, 0.6) is 0 Å². The molecule has 0 saturated carbocycles. The Hall–Kier alpha value is -6.70. The third kappa shape index (κ3) is 5.59. The smallest absolute Gasteiger partial charge is 0.141 e. The van der Waals surface area contributed by atoms with Crippen molar-refractivity contribution in [2.45, 2.75) is 0 Å². The molecule has 1 heterocycles. The summed E-state index contributed by atoms with van der Waals surface area (Å²) in [4.78, 5) is 0. The average Bonchev–Trinajstić information content (AvgIpc) is 3.73. The van der Waals surface area contributed by atoms with E-state index in [1.165, 1.54) is 191 Å². The number of aromatic nitrogens is 1. The first-order valence-corrected chi connectivity index (χ1v) is 24.9. The lowest BCUT2D eigenvalue weighted by Crippen LogP contribution is -2.56. The Morgan fingerprint density at radius 2 is 0.652 bits per heavy atom. The molecule has 1 aromatic heterocycles. The van der Waals surface area contributed by atoms with Crippen molar-refractivity contribution in [2.24, 2.45) is 0 Å². The molecule has 0 aliphatic rings. The quantitative estimate of drug-likeness (QED) is 0.123. The van der Waals surface area contributed by atoms with Crippen LogP contribution in [0.4, 0.5) is 0 Å². The Morgan fingerprint density at radius 1 is 0.261 bits per heavy atom. The second-order valence-electron chi connectivity index (χ2n) is 20.7. The highest BCUT2D eigenvalue weighted by atomic mass is 15.0. The Labute approximate surface area is 414 Å². The van der Waals surface area contributed by atoms with Gasteiger partial charge in [-0.15, -0.1) is 10.9 Å². The lowest BCUT2D eigenvalue weighted by atomic mass is 9.61. The summed E-state index contributed by atoms with van der Waals surface area (Å²) in [6.07, 6.45) is 0. The van der Waals surface area contributed by atoms with E-state index in [4.69, 9.17) is 0 Å². The Balaban J connectivity index is 1.17. The molecule has 0 unspecified atom stereocenters. The molecule has 0 atom stereocenters. The van der Waals surface area contributed by atoms with Gasteiger partial charge in [0.05, 0.1) is 0 Å². The van der Waals surface area contributed by atoms with Crippen LogP contribution in [0, 0.1) is 0 Å². The first kappa shape index (κ1) is 42.4. The minimum atomic E-state index is 1.23. The second kappa shape index (κ2) is 14.9. The molecule has 0 saturated heterocycles. The summed E-state index contributed by atoms with van der Waals surface area (Å²) < 4.78 is 2.70. The summed E-state index contributed by atoms with van der Waals surface area (Å²) in [5, 5.41) is 18.5. The highest BCUT2D eigenvalue weighted by Gasteiger charge is 2.28. The Kier molecular flexibility index (Phi) is 9.16. The second-order valence-corrected chi connectivity index (χ2v) is 20.7. The van der Waals surface area contributed by atoms with E-state index in [1.807, 2.05) is 0 Å². The van der Waals surface area contributed by atoms with Gasteiger partial charge in [-0.05, 0) is 109 Å². The summed E-state index contributed by atoms with van der Waals surface area (Å²) in [5.74, 6) is 0. The first-order valence-electron chi connectivity index (χ1n) is 24.9. The van der Waals surface area contributed by atoms with Crippen LogP contribution < -0.4 is 65.6 Å². The van der Waals surface area contributed by atoms with Crippen molar-refractivity contribution in [1.82, 2.24) is 4.57 Å². The number of hydrogen-bond acceptors (Lipinski definition) is 0. The molecule has 0 radical (unpaired) electrons. The topological polar surface area (TPSA) is 4.93 Å². The Morgan fingerprint density at radius 3 is 1.20 bits per heavy atom. The molecule has 13 heteroatoms. The molecule has 0 N–H and O–H groups in total. The normalized spacial score (nSPS) is 12.2. The third-order valence-electron chi connectivity index (χ3n) is 17.8. The van der Waals surface area contributed by atoms with E-state index in [0.717, 1.165) is 0 Å². The fourth-order valence-corrected chi connectivity index (χ4v) is 13.3. The van der Waals surface area contributed by atoms with Gasteiger partial charge >= 0.3 is 0 Å². The van der Waals surface area contributed by atoms with E-state index in [0.29, 0.717) is 0 Å². The van der Waals surface area contributed by atoms with Gasteiger partial charge in [0, 0.05) is 22.1 Å². The Bertz CT molecular complexity index is 4400. The fraction of sp³-hybridized carbons (Fsp3) is 0. The molecule has 69 heavy (non-hydrogen) atoms. The minimum Gasteiger partial charge on any atom is -0.312 e. The number of rotatable bonds is 4. The van der Waals surface area contributed by atoms with Crippen molar-refractivity contribution in [2.75, 3.05) is 0 Å². The van der Waals surface area contributed by atoms with Gasteiger partial charge < -0.3 is 4.57 Å². The van der Waals surface area contributed by atoms with Crippen LogP contribution in [0.3, 0.4) is 0 Å². The predicted octanol–water partition coefficient (Wildman–Crippen LogP) is -5.32. The summed E-state index contributed by atoms with van der Waals surface area (Å²) in [5.41, 5.74) is 28.1. The van der Waals surface area contributed by atoms with Gasteiger partial charge in [-0.2, -0.15) is 0 Å². The summed E-state index contributed by atoms with van der Waals surface area (Å²) in [6, 6.07) is 48.9. The van der Waals surface area contributed by atoms with Crippen molar-refractivity contribution in [3.8, 4) is 39.1 Å². The molecule has 0 amide bonds.